The Balaban J connectivity index is 1.19. The smallest absolute Gasteiger partial charge is 0.226 e. The van der Waals surface area contributed by atoms with Crippen molar-refractivity contribution in [1.82, 2.24) is 20.4 Å². The van der Waals surface area contributed by atoms with Gasteiger partial charge in [0.15, 0.2) is 16.5 Å². The molecule has 14 heteroatoms. The van der Waals surface area contributed by atoms with Gasteiger partial charge in [-0.3, -0.25) is 9.59 Å². The lowest BCUT2D eigenvalue weighted by atomic mass is 9.82. The average molecular weight is 759 g/mol. The summed E-state index contributed by atoms with van der Waals surface area (Å²) in [6, 6.07) is 11.8. The highest BCUT2D eigenvalue weighted by Gasteiger charge is 2.61. The Morgan fingerprint density at radius 2 is 1.40 bits per heavy atom. The van der Waals surface area contributed by atoms with E-state index in [1.54, 1.807) is 36.2 Å². The molecule has 3 aliphatic rings. The average Bonchev–Trinajstić information content (AvgIpc) is 3.69. The molecule has 7 atom stereocenters. The Morgan fingerprint density at radius 1 is 0.788 bits per heavy atom. The van der Waals surface area contributed by atoms with E-state index in [1.165, 1.54) is 43.5 Å². The summed E-state index contributed by atoms with van der Waals surface area (Å²) in [6.07, 6.45) is 7.39. The fraction of sp³-hybridized carbons (Fsp3) is 0.579. The zero-order chi connectivity index (χ0) is 37.2. The maximum Gasteiger partial charge on any atom is 0.226 e. The minimum atomic E-state index is -0.565. The predicted molar refractivity (Wildman–Crippen MR) is 207 cm³/mol. The maximum absolute atomic E-state index is 14.2. The van der Waals surface area contributed by atoms with E-state index in [0.717, 1.165) is 25.7 Å². The molecule has 1 heterocycles. The molecule has 7 unspecified atom stereocenters. The summed E-state index contributed by atoms with van der Waals surface area (Å²) in [5, 5.41) is 13.0. The van der Waals surface area contributed by atoms with Gasteiger partial charge < -0.3 is 40.5 Å². The molecule has 0 spiro atoms. The minimum Gasteiger partial charge on any atom is -0.361 e. The minimum absolute atomic E-state index is 0.00610. The van der Waals surface area contributed by atoms with Crippen molar-refractivity contribution in [2.75, 3.05) is 50.9 Å². The Morgan fingerprint density at radius 3 is 2.08 bits per heavy atom. The van der Waals surface area contributed by atoms with E-state index >= 15 is 0 Å². The van der Waals surface area contributed by atoms with Gasteiger partial charge in [-0.1, -0.05) is 32.6 Å². The monoisotopic (exact) mass is 758 g/mol. The lowest BCUT2D eigenvalue weighted by Gasteiger charge is -2.30. The molecule has 2 aromatic carbocycles. The van der Waals surface area contributed by atoms with Crippen LogP contribution < -0.4 is 21.3 Å². The number of amides is 2. The van der Waals surface area contributed by atoms with E-state index in [1.807, 2.05) is 11.9 Å². The lowest BCUT2D eigenvalue weighted by Crippen LogP contribution is -2.47. The number of hydrogen-bond acceptors (Lipinski definition) is 6. The van der Waals surface area contributed by atoms with Gasteiger partial charge in [-0.25, -0.2) is 8.78 Å². The molecule has 1 aliphatic heterocycles. The zero-order valence-electron chi connectivity index (χ0n) is 30.2. The number of fused-ring (bicyclic) bond motifs is 4. The van der Waals surface area contributed by atoms with Gasteiger partial charge in [0, 0.05) is 57.6 Å². The van der Waals surface area contributed by atoms with Gasteiger partial charge in [-0.2, -0.15) is 0 Å². The van der Waals surface area contributed by atoms with Crippen molar-refractivity contribution in [1.29, 1.82) is 0 Å². The van der Waals surface area contributed by atoms with Gasteiger partial charge >= 0.3 is 0 Å². The molecule has 52 heavy (non-hydrogen) atoms. The third kappa shape index (κ3) is 10.6. The van der Waals surface area contributed by atoms with Crippen LogP contribution in [0.3, 0.4) is 0 Å². The van der Waals surface area contributed by atoms with Crippen molar-refractivity contribution in [2.24, 2.45) is 23.7 Å². The number of rotatable bonds is 16. The summed E-state index contributed by atoms with van der Waals surface area (Å²) in [5.74, 6) is -2.13. The fourth-order valence-electron chi connectivity index (χ4n) is 7.69. The topological polar surface area (TPSA) is 107 Å². The Labute approximate surface area is 316 Å². The van der Waals surface area contributed by atoms with Crippen LogP contribution in [0.5, 0.6) is 0 Å². The van der Waals surface area contributed by atoms with Crippen molar-refractivity contribution in [3.05, 3.63) is 60.2 Å². The molecule has 284 valence electrons. The van der Waals surface area contributed by atoms with Crippen molar-refractivity contribution in [2.45, 2.75) is 76.8 Å². The van der Waals surface area contributed by atoms with Crippen molar-refractivity contribution >= 4 is 57.8 Å². The highest BCUT2D eigenvalue weighted by atomic mass is 32.1. The zero-order valence-corrected chi connectivity index (χ0v) is 31.9. The lowest BCUT2D eigenvalue weighted by molar-refractivity contribution is -0.143. The van der Waals surface area contributed by atoms with Crippen molar-refractivity contribution in [3.63, 3.8) is 0 Å². The quantitative estimate of drug-likeness (QED) is 0.122. The van der Waals surface area contributed by atoms with Crippen molar-refractivity contribution < 1.29 is 27.8 Å². The second kappa shape index (κ2) is 19.0. The summed E-state index contributed by atoms with van der Waals surface area (Å²) < 4.78 is 39.5. The molecule has 4 N–H and O–H groups in total. The molecule has 0 radical (unpaired) electrons. The van der Waals surface area contributed by atoms with Gasteiger partial charge in [0.2, 0.25) is 11.8 Å². The summed E-state index contributed by atoms with van der Waals surface area (Å²) in [5.41, 5.74) is 1.32. The van der Waals surface area contributed by atoms with Gasteiger partial charge in [0.25, 0.3) is 0 Å². The predicted octanol–water partition coefficient (Wildman–Crippen LogP) is 5.90. The van der Waals surface area contributed by atoms with E-state index in [9.17, 15) is 18.4 Å². The van der Waals surface area contributed by atoms with E-state index in [-0.39, 0.29) is 53.8 Å². The van der Waals surface area contributed by atoms with Gasteiger partial charge in [-0.05, 0) is 105 Å². The van der Waals surface area contributed by atoms with Crippen molar-refractivity contribution in [3.8, 4) is 0 Å². The van der Waals surface area contributed by atoms with E-state index < -0.39 is 11.8 Å². The van der Waals surface area contributed by atoms with Gasteiger partial charge in [-0.15, -0.1) is 0 Å². The number of halogens is 2. The number of unbranched alkanes of at least 4 members (excludes halogenated alkanes) is 4. The summed E-state index contributed by atoms with van der Waals surface area (Å²) in [6.45, 7) is 3.71. The number of ether oxygens (including phenoxy) is 2. The highest BCUT2D eigenvalue weighted by Crippen LogP contribution is 2.54. The number of carbonyl (C=O) groups is 2. The van der Waals surface area contributed by atoms with Gasteiger partial charge in [0.1, 0.15) is 11.6 Å². The molecule has 2 aromatic rings. The van der Waals surface area contributed by atoms with E-state index in [4.69, 9.17) is 33.9 Å². The Bertz CT molecular complexity index is 1520. The number of likely N-dealkylation sites (N-methyl/N-ethyl adjacent to an activating group) is 2. The van der Waals surface area contributed by atoms with Crippen LogP contribution in [0, 0.1) is 35.3 Å². The molecule has 1 saturated heterocycles. The first-order chi connectivity index (χ1) is 25.0. The van der Waals surface area contributed by atoms with E-state index in [2.05, 4.69) is 28.2 Å². The fourth-order valence-corrected chi connectivity index (χ4v) is 8.11. The summed E-state index contributed by atoms with van der Waals surface area (Å²) >= 11 is 10.9. The largest absolute Gasteiger partial charge is 0.361 e. The third-order valence-electron chi connectivity index (χ3n) is 10.4. The number of benzene rings is 2. The summed E-state index contributed by atoms with van der Waals surface area (Å²) in [7, 11) is 3.60. The molecular formula is C38H52F2N6O4S2. The van der Waals surface area contributed by atoms with Crippen LogP contribution in [0.15, 0.2) is 48.5 Å². The molecule has 3 fully saturated rings. The molecule has 2 amide bonds. The van der Waals surface area contributed by atoms with Crippen LogP contribution in [0.2, 0.25) is 0 Å². The number of anilines is 2. The van der Waals surface area contributed by atoms with Gasteiger partial charge in [0.05, 0.1) is 24.0 Å². The highest BCUT2D eigenvalue weighted by molar-refractivity contribution is 7.80. The Hall–Kier alpha value is -3.46. The number of carbonyl (C=O) groups excluding carboxylic acids is 2. The number of hydrogen-bond donors (Lipinski definition) is 4. The second-order valence-electron chi connectivity index (χ2n) is 14.2. The Kier molecular flexibility index (Phi) is 14.6. The van der Waals surface area contributed by atoms with Crippen LogP contribution in [0.25, 0.3) is 0 Å². The molecular weight excluding hydrogens is 707 g/mol. The van der Waals surface area contributed by atoms with E-state index in [0.29, 0.717) is 54.2 Å². The SMILES string of the molecule is CCCCCCCC1OC2CC3CC(C2O1)C(C(=O)NCCNC(=S)Nc1ccc(F)cc1)C3C(=O)N(C)CCN(C)C(=S)Nc1ccc(F)cc1. The second-order valence-corrected chi connectivity index (χ2v) is 14.9. The van der Waals surface area contributed by atoms with Crippen LogP contribution in [0.4, 0.5) is 20.2 Å². The standard InChI is InChI=1S/C38H52F2N6O4S2/c1-4-5-6-7-8-9-31-49-30-23-24-22-29(34(30)50-31)33(35(47)41-18-19-42-37(51)43-27-14-10-25(39)11-15-27)32(24)36(48)45(2)20-21-46(3)38(52)44-28-16-12-26(40)13-17-28/h10-17,24,29-34H,4-9,18-23H2,1-3H3,(H,41,47)(H,44,52)(H2,42,43,51). The number of thiocarbonyl (C=S) groups is 2. The first-order valence-electron chi connectivity index (χ1n) is 18.5. The normalized spacial score (nSPS) is 24.4. The van der Waals surface area contributed by atoms with Crippen LogP contribution in [-0.4, -0.2) is 90.6 Å². The molecule has 2 bridgehead atoms. The first kappa shape index (κ1) is 39.7. The number of nitrogens with one attached hydrogen (secondary N) is 4. The maximum atomic E-state index is 14.2. The molecule has 2 aliphatic carbocycles. The van der Waals surface area contributed by atoms with Crippen LogP contribution >= 0.6 is 24.4 Å². The first-order valence-corrected chi connectivity index (χ1v) is 19.3. The molecule has 2 saturated carbocycles. The number of nitrogens with zero attached hydrogens (tertiary/aromatic N) is 2. The van der Waals surface area contributed by atoms with Crippen LogP contribution in [-0.2, 0) is 19.1 Å². The van der Waals surface area contributed by atoms with Crippen LogP contribution in [0.1, 0.15) is 58.3 Å². The molecule has 10 nitrogen and oxygen atoms in total. The third-order valence-corrected chi connectivity index (χ3v) is 11.1. The molecule has 5 rings (SSSR count). The summed E-state index contributed by atoms with van der Waals surface area (Å²) in [4.78, 5) is 31.8. The molecule has 0 aromatic heterocycles.